The molecule has 1 aromatic carbocycles. The molecule has 2 N–H and O–H groups in total. The highest BCUT2D eigenvalue weighted by molar-refractivity contribution is 5.65. The van der Waals surface area contributed by atoms with E-state index in [1.807, 2.05) is 6.92 Å². The molecule has 22 heavy (non-hydrogen) atoms. The number of aromatic hydroxyl groups is 1. The third-order valence-corrected chi connectivity index (χ3v) is 3.50. The molecule has 0 spiro atoms. The summed E-state index contributed by atoms with van der Waals surface area (Å²) in [5, 5.41) is 18.8. The van der Waals surface area contributed by atoms with Crippen LogP contribution in [0.2, 0.25) is 0 Å². The second kappa shape index (κ2) is 9.92. The molecule has 0 aliphatic carbocycles. The monoisotopic (exact) mass is 310 g/mol. The van der Waals surface area contributed by atoms with Crippen LogP contribution in [0.5, 0.6) is 17.2 Å². The van der Waals surface area contributed by atoms with Crippen LogP contribution in [0.4, 0.5) is 4.79 Å². The number of phenols is 1. The molecule has 0 aliphatic rings. The molecule has 124 valence electrons. The molecule has 0 unspecified atom stereocenters. The van der Waals surface area contributed by atoms with Crippen molar-refractivity contribution < 1.29 is 24.5 Å². The van der Waals surface area contributed by atoms with Crippen LogP contribution in [-0.4, -0.2) is 23.0 Å². The fourth-order valence-electron chi connectivity index (χ4n) is 2.27. The van der Waals surface area contributed by atoms with Crippen molar-refractivity contribution in [1.82, 2.24) is 0 Å². The average Bonchev–Trinajstić information content (AvgIpc) is 2.49. The molecule has 0 heterocycles. The van der Waals surface area contributed by atoms with Crippen molar-refractivity contribution in [3.8, 4) is 17.2 Å². The first-order chi connectivity index (χ1) is 10.6. The van der Waals surface area contributed by atoms with Gasteiger partial charge in [0.25, 0.3) is 0 Å². The highest BCUT2D eigenvalue weighted by Gasteiger charge is 2.16. The predicted molar refractivity (Wildman–Crippen MR) is 85.0 cm³/mol. The molecule has 0 saturated heterocycles. The molecule has 0 fully saturated rings. The Hall–Kier alpha value is -1.91. The first-order valence-electron chi connectivity index (χ1n) is 7.98. The highest BCUT2D eigenvalue weighted by Crippen LogP contribution is 2.39. The van der Waals surface area contributed by atoms with Crippen molar-refractivity contribution in [3.63, 3.8) is 0 Å². The van der Waals surface area contributed by atoms with Gasteiger partial charge in [0, 0.05) is 0 Å². The minimum absolute atomic E-state index is 0.0948. The Morgan fingerprint density at radius 1 is 1.09 bits per heavy atom. The zero-order chi connectivity index (χ0) is 16.4. The molecule has 0 bridgehead atoms. The lowest BCUT2D eigenvalue weighted by Crippen LogP contribution is -2.05. The van der Waals surface area contributed by atoms with Crippen molar-refractivity contribution in [2.24, 2.45) is 0 Å². The summed E-state index contributed by atoms with van der Waals surface area (Å²) < 4.78 is 10.2. The summed E-state index contributed by atoms with van der Waals surface area (Å²) in [5.74, 6) is -0.00909. The fourth-order valence-corrected chi connectivity index (χ4v) is 2.27. The number of benzene rings is 1. The first-order valence-corrected chi connectivity index (χ1v) is 7.98. The van der Waals surface area contributed by atoms with Gasteiger partial charge in [-0.15, -0.1) is 0 Å². The van der Waals surface area contributed by atoms with Gasteiger partial charge in [-0.1, -0.05) is 52.0 Å². The number of unbranched alkanes of at least 4 members (excludes halogenated alkanes) is 5. The van der Waals surface area contributed by atoms with Crippen LogP contribution in [0.15, 0.2) is 12.1 Å². The summed E-state index contributed by atoms with van der Waals surface area (Å²) in [6.45, 7) is 4.64. The minimum Gasteiger partial charge on any atom is -0.502 e. The van der Waals surface area contributed by atoms with Crippen LogP contribution < -0.4 is 9.47 Å². The van der Waals surface area contributed by atoms with Gasteiger partial charge in [0.05, 0.1) is 6.61 Å². The molecule has 0 radical (unpaired) electrons. The lowest BCUT2D eigenvalue weighted by atomic mass is 10.1. The molecular weight excluding hydrogens is 284 g/mol. The van der Waals surface area contributed by atoms with Crippen molar-refractivity contribution in [1.29, 1.82) is 0 Å². The van der Waals surface area contributed by atoms with Crippen LogP contribution in [0, 0.1) is 0 Å². The Labute approximate surface area is 131 Å². The SMILES string of the molecule is CCCCCCCCOc1c(CC)ccc(OC(=O)O)c1O. The largest absolute Gasteiger partial charge is 0.511 e. The quantitative estimate of drug-likeness (QED) is 0.370. The zero-order valence-corrected chi connectivity index (χ0v) is 13.4. The number of carboxylic acid groups (broad SMARTS) is 1. The van der Waals surface area contributed by atoms with Gasteiger partial charge >= 0.3 is 6.16 Å². The highest BCUT2D eigenvalue weighted by atomic mass is 16.7. The van der Waals surface area contributed by atoms with E-state index in [1.165, 1.54) is 31.7 Å². The van der Waals surface area contributed by atoms with Gasteiger partial charge in [-0.2, -0.15) is 0 Å². The van der Waals surface area contributed by atoms with Crippen LogP contribution in [-0.2, 0) is 6.42 Å². The van der Waals surface area contributed by atoms with Crippen molar-refractivity contribution in [2.75, 3.05) is 6.61 Å². The molecule has 0 amide bonds. The Morgan fingerprint density at radius 3 is 2.41 bits per heavy atom. The second-order valence-electron chi connectivity index (χ2n) is 5.24. The Balaban J connectivity index is 2.58. The standard InChI is InChI=1S/C17H26O5/c1-3-5-6-7-8-9-12-21-16-13(4-2)10-11-14(15(16)18)22-17(19)20/h10-11,18H,3-9,12H2,1-2H3,(H,19,20). The van der Waals surface area contributed by atoms with Gasteiger partial charge in [0.2, 0.25) is 5.75 Å². The van der Waals surface area contributed by atoms with Crippen LogP contribution in [0.1, 0.15) is 57.9 Å². The number of ether oxygens (including phenoxy) is 2. The van der Waals surface area contributed by atoms with E-state index >= 15 is 0 Å². The number of hydrogen-bond donors (Lipinski definition) is 2. The number of carbonyl (C=O) groups is 1. The van der Waals surface area contributed by atoms with E-state index in [9.17, 15) is 9.90 Å². The van der Waals surface area contributed by atoms with Gasteiger partial charge in [0.15, 0.2) is 11.5 Å². The summed E-state index contributed by atoms with van der Waals surface area (Å²) in [4.78, 5) is 10.6. The molecule has 1 aromatic rings. The zero-order valence-electron chi connectivity index (χ0n) is 13.4. The van der Waals surface area contributed by atoms with Crippen LogP contribution in [0.3, 0.4) is 0 Å². The maximum Gasteiger partial charge on any atom is 0.511 e. The van der Waals surface area contributed by atoms with E-state index < -0.39 is 6.16 Å². The molecule has 0 aliphatic heterocycles. The molecule has 0 aromatic heterocycles. The molecule has 0 atom stereocenters. The van der Waals surface area contributed by atoms with Gasteiger partial charge < -0.3 is 19.7 Å². The van der Waals surface area contributed by atoms with E-state index in [-0.39, 0.29) is 11.5 Å². The van der Waals surface area contributed by atoms with Gasteiger partial charge in [-0.3, -0.25) is 0 Å². The third-order valence-electron chi connectivity index (χ3n) is 3.50. The van der Waals surface area contributed by atoms with Gasteiger partial charge in [0.1, 0.15) is 0 Å². The third kappa shape index (κ3) is 5.84. The maximum atomic E-state index is 10.6. The summed E-state index contributed by atoms with van der Waals surface area (Å²) in [6.07, 6.45) is 6.14. The molecular formula is C17H26O5. The van der Waals surface area contributed by atoms with Crippen LogP contribution in [0.25, 0.3) is 0 Å². The smallest absolute Gasteiger partial charge is 0.502 e. The lowest BCUT2D eigenvalue weighted by molar-refractivity contribution is 0.142. The van der Waals surface area contributed by atoms with Crippen molar-refractivity contribution in [3.05, 3.63) is 17.7 Å². The van der Waals surface area contributed by atoms with Crippen LogP contribution >= 0.6 is 0 Å². The number of rotatable bonds is 10. The average molecular weight is 310 g/mol. The van der Waals surface area contributed by atoms with E-state index in [0.29, 0.717) is 18.8 Å². The summed E-state index contributed by atoms with van der Waals surface area (Å²) in [6, 6.07) is 3.16. The van der Waals surface area contributed by atoms with Gasteiger partial charge in [-0.05, 0) is 24.5 Å². The summed E-state index contributed by atoms with van der Waals surface area (Å²) in [7, 11) is 0. The van der Waals surface area contributed by atoms with Gasteiger partial charge in [-0.25, -0.2) is 4.79 Å². The number of aryl methyl sites for hydroxylation is 1. The predicted octanol–water partition coefficient (Wildman–Crippen LogP) is 4.75. The topological polar surface area (TPSA) is 76.0 Å². The van der Waals surface area contributed by atoms with Crippen molar-refractivity contribution >= 4 is 6.16 Å². The molecule has 5 nitrogen and oxygen atoms in total. The van der Waals surface area contributed by atoms with E-state index in [1.54, 1.807) is 6.07 Å². The molecule has 5 heteroatoms. The summed E-state index contributed by atoms with van der Waals surface area (Å²) >= 11 is 0. The Morgan fingerprint density at radius 2 is 1.77 bits per heavy atom. The first kappa shape index (κ1) is 18.1. The Kier molecular flexibility index (Phi) is 8.18. The molecule has 0 saturated carbocycles. The van der Waals surface area contributed by atoms with E-state index in [4.69, 9.17) is 9.84 Å². The fraction of sp³-hybridized carbons (Fsp3) is 0.588. The van der Waals surface area contributed by atoms with E-state index in [0.717, 1.165) is 18.4 Å². The summed E-state index contributed by atoms with van der Waals surface area (Å²) in [5.41, 5.74) is 0.834. The minimum atomic E-state index is -1.46. The second-order valence-corrected chi connectivity index (χ2v) is 5.24. The number of phenolic OH excluding ortho intramolecular Hbond substituents is 1. The van der Waals surface area contributed by atoms with Crippen molar-refractivity contribution in [2.45, 2.75) is 58.8 Å². The normalized spacial score (nSPS) is 10.5. The lowest BCUT2D eigenvalue weighted by Gasteiger charge is -2.14. The maximum absolute atomic E-state index is 10.6. The van der Waals surface area contributed by atoms with E-state index in [2.05, 4.69) is 11.7 Å². The molecule has 1 rings (SSSR count). The Bertz CT molecular complexity index is 470. The number of hydrogen-bond acceptors (Lipinski definition) is 4.